The molecule has 0 fully saturated rings. The van der Waals surface area contributed by atoms with Crippen molar-refractivity contribution in [2.75, 3.05) is 7.05 Å². The highest BCUT2D eigenvalue weighted by molar-refractivity contribution is 5.82. The van der Waals surface area contributed by atoms with Crippen LogP contribution in [0.5, 0.6) is 0 Å². The van der Waals surface area contributed by atoms with Crippen molar-refractivity contribution in [3.05, 3.63) is 35.9 Å². The van der Waals surface area contributed by atoms with Crippen molar-refractivity contribution in [1.29, 1.82) is 0 Å². The zero-order valence-electron chi connectivity index (χ0n) is 9.88. The number of carbonyl (C=O) groups is 2. The van der Waals surface area contributed by atoms with Crippen LogP contribution in [0.15, 0.2) is 30.3 Å². The van der Waals surface area contributed by atoms with Crippen LogP contribution in [0.1, 0.15) is 12.5 Å². The number of carboxylic acids is 1. The van der Waals surface area contributed by atoms with Gasteiger partial charge in [-0.2, -0.15) is 0 Å². The maximum Gasteiger partial charge on any atom is 0.325 e. The number of carbonyl (C=O) groups excluding carboxylic acids is 1. The van der Waals surface area contributed by atoms with Gasteiger partial charge in [0, 0.05) is 13.6 Å². The topological polar surface area (TPSA) is 69.6 Å². The molecule has 0 aliphatic rings. The molecule has 2 amide bonds. The summed E-state index contributed by atoms with van der Waals surface area (Å²) in [5.74, 6) is -1.05. The maximum atomic E-state index is 11.6. The first-order chi connectivity index (χ1) is 8.00. The molecule has 0 spiro atoms. The molecule has 1 aromatic carbocycles. The lowest BCUT2D eigenvalue weighted by atomic mass is 10.2. The van der Waals surface area contributed by atoms with Gasteiger partial charge >= 0.3 is 12.0 Å². The highest BCUT2D eigenvalue weighted by atomic mass is 16.4. The average molecular weight is 236 g/mol. The molecule has 1 unspecified atom stereocenters. The quantitative estimate of drug-likeness (QED) is 0.827. The molecule has 5 nitrogen and oxygen atoms in total. The van der Waals surface area contributed by atoms with Crippen LogP contribution in [0.4, 0.5) is 4.79 Å². The Labute approximate surface area is 100 Å². The minimum absolute atomic E-state index is 0.399. The van der Waals surface area contributed by atoms with Crippen molar-refractivity contribution in [1.82, 2.24) is 10.2 Å². The van der Waals surface area contributed by atoms with Crippen molar-refractivity contribution in [3.8, 4) is 0 Å². The molecule has 5 heteroatoms. The molecule has 0 heterocycles. The van der Waals surface area contributed by atoms with Crippen molar-refractivity contribution in [2.24, 2.45) is 0 Å². The number of amides is 2. The Bertz CT molecular complexity index is 392. The average Bonchev–Trinajstić information content (AvgIpc) is 2.29. The third-order valence-electron chi connectivity index (χ3n) is 2.32. The van der Waals surface area contributed by atoms with Gasteiger partial charge in [-0.05, 0) is 12.5 Å². The van der Waals surface area contributed by atoms with Gasteiger partial charge in [0.25, 0.3) is 0 Å². The lowest BCUT2D eigenvalue weighted by Gasteiger charge is -2.19. The number of nitrogens with one attached hydrogen (secondary N) is 1. The van der Waals surface area contributed by atoms with Crippen LogP contribution in [0.3, 0.4) is 0 Å². The number of hydrogen-bond acceptors (Lipinski definition) is 2. The lowest BCUT2D eigenvalue weighted by molar-refractivity contribution is -0.138. The Balaban J connectivity index is 2.50. The second kappa shape index (κ2) is 5.89. The third kappa shape index (κ3) is 4.14. The van der Waals surface area contributed by atoms with Gasteiger partial charge in [0.15, 0.2) is 0 Å². The van der Waals surface area contributed by atoms with E-state index in [1.807, 2.05) is 30.3 Å². The zero-order chi connectivity index (χ0) is 12.8. The first kappa shape index (κ1) is 13.0. The van der Waals surface area contributed by atoms with Gasteiger partial charge in [-0.15, -0.1) is 0 Å². The third-order valence-corrected chi connectivity index (χ3v) is 2.32. The monoisotopic (exact) mass is 236 g/mol. The van der Waals surface area contributed by atoms with Gasteiger partial charge in [0.1, 0.15) is 6.04 Å². The minimum Gasteiger partial charge on any atom is -0.480 e. The fraction of sp³-hybridized carbons (Fsp3) is 0.333. The summed E-state index contributed by atoms with van der Waals surface area (Å²) in [6, 6.07) is 8.21. The number of nitrogens with zero attached hydrogens (tertiary/aromatic N) is 1. The molecule has 2 N–H and O–H groups in total. The summed E-state index contributed by atoms with van der Waals surface area (Å²) in [7, 11) is 1.62. The summed E-state index contributed by atoms with van der Waals surface area (Å²) < 4.78 is 0. The van der Waals surface area contributed by atoms with E-state index in [9.17, 15) is 9.59 Å². The van der Waals surface area contributed by atoms with Crippen LogP contribution in [0.25, 0.3) is 0 Å². The van der Waals surface area contributed by atoms with E-state index in [1.54, 1.807) is 7.05 Å². The number of aliphatic carboxylic acids is 1. The molecule has 1 atom stereocenters. The van der Waals surface area contributed by atoms with E-state index in [0.29, 0.717) is 6.54 Å². The molecule has 92 valence electrons. The molecule has 0 radical (unpaired) electrons. The highest BCUT2D eigenvalue weighted by Crippen LogP contribution is 2.02. The van der Waals surface area contributed by atoms with E-state index >= 15 is 0 Å². The Kier molecular flexibility index (Phi) is 4.51. The van der Waals surface area contributed by atoms with Crippen molar-refractivity contribution < 1.29 is 14.7 Å². The highest BCUT2D eigenvalue weighted by Gasteiger charge is 2.16. The van der Waals surface area contributed by atoms with E-state index in [4.69, 9.17) is 5.11 Å². The summed E-state index contributed by atoms with van der Waals surface area (Å²) in [5, 5.41) is 11.1. The number of urea groups is 1. The largest absolute Gasteiger partial charge is 0.480 e. The summed E-state index contributed by atoms with van der Waals surface area (Å²) in [6.07, 6.45) is 0. The molecule has 17 heavy (non-hydrogen) atoms. The van der Waals surface area contributed by atoms with Gasteiger partial charge in [-0.1, -0.05) is 30.3 Å². The van der Waals surface area contributed by atoms with E-state index in [2.05, 4.69) is 5.32 Å². The molecule has 1 aromatic rings. The molecule has 0 saturated carbocycles. The lowest BCUT2D eigenvalue weighted by Crippen LogP contribution is -2.44. The number of benzene rings is 1. The molecule has 0 aliphatic carbocycles. The Hall–Kier alpha value is -2.04. The van der Waals surface area contributed by atoms with Crippen LogP contribution >= 0.6 is 0 Å². The van der Waals surface area contributed by atoms with Crippen LogP contribution < -0.4 is 5.32 Å². The minimum atomic E-state index is -1.05. The number of hydrogen-bond donors (Lipinski definition) is 2. The zero-order valence-corrected chi connectivity index (χ0v) is 9.88. The van der Waals surface area contributed by atoms with Crippen LogP contribution in [0.2, 0.25) is 0 Å². The van der Waals surface area contributed by atoms with Crippen LogP contribution in [-0.2, 0) is 11.3 Å². The molecular weight excluding hydrogens is 220 g/mol. The second-order valence-electron chi connectivity index (χ2n) is 3.85. The van der Waals surface area contributed by atoms with Crippen molar-refractivity contribution in [2.45, 2.75) is 19.5 Å². The Morgan fingerprint density at radius 3 is 2.47 bits per heavy atom. The summed E-state index contributed by atoms with van der Waals surface area (Å²) in [4.78, 5) is 23.6. The molecule has 0 aliphatic heterocycles. The van der Waals surface area contributed by atoms with E-state index < -0.39 is 18.0 Å². The second-order valence-corrected chi connectivity index (χ2v) is 3.85. The summed E-state index contributed by atoms with van der Waals surface area (Å²) in [5.41, 5.74) is 0.994. The van der Waals surface area contributed by atoms with Gasteiger partial charge in [-0.25, -0.2) is 4.79 Å². The first-order valence-electron chi connectivity index (χ1n) is 5.29. The van der Waals surface area contributed by atoms with E-state index in [1.165, 1.54) is 11.8 Å². The Morgan fingerprint density at radius 2 is 1.94 bits per heavy atom. The normalized spacial score (nSPS) is 11.6. The Morgan fingerprint density at radius 1 is 1.35 bits per heavy atom. The molecule has 0 saturated heterocycles. The van der Waals surface area contributed by atoms with Crippen molar-refractivity contribution in [3.63, 3.8) is 0 Å². The van der Waals surface area contributed by atoms with E-state index in [-0.39, 0.29) is 0 Å². The summed E-state index contributed by atoms with van der Waals surface area (Å²) >= 11 is 0. The van der Waals surface area contributed by atoms with Gasteiger partial charge in [-0.3, -0.25) is 4.79 Å². The fourth-order valence-electron chi connectivity index (χ4n) is 1.29. The first-order valence-corrected chi connectivity index (χ1v) is 5.29. The standard InChI is InChI=1S/C12H16N2O3/c1-9(11(15)16)13-12(17)14(2)8-10-6-4-3-5-7-10/h3-7,9H,8H2,1-2H3,(H,13,17)(H,15,16). The van der Waals surface area contributed by atoms with Crippen molar-refractivity contribution >= 4 is 12.0 Å². The number of rotatable bonds is 4. The smallest absolute Gasteiger partial charge is 0.325 e. The molecule has 1 rings (SSSR count). The predicted molar refractivity (Wildman–Crippen MR) is 63.5 cm³/mol. The SMILES string of the molecule is CC(NC(=O)N(C)Cc1ccccc1)C(=O)O. The van der Waals surface area contributed by atoms with Gasteiger partial charge < -0.3 is 15.3 Å². The van der Waals surface area contributed by atoms with Gasteiger partial charge in [0.2, 0.25) is 0 Å². The van der Waals surface area contributed by atoms with Crippen LogP contribution in [-0.4, -0.2) is 35.1 Å². The fourth-order valence-corrected chi connectivity index (χ4v) is 1.29. The number of carboxylic acid groups (broad SMARTS) is 1. The predicted octanol–water partition coefficient (Wildman–Crippen LogP) is 1.30. The molecule has 0 aromatic heterocycles. The maximum absolute atomic E-state index is 11.6. The van der Waals surface area contributed by atoms with Gasteiger partial charge in [0.05, 0.1) is 0 Å². The van der Waals surface area contributed by atoms with Crippen LogP contribution in [0, 0.1) is 0 Å². The summed E-state index contributed by atoms with van der Waals surface area (Å²) in [6.45, 7) is 1.87. The van der Waals surface area contributed by atoms with E-state index in [0.717, 1.165) is 5.56 Å². The molecule has 0 bridgehead atoms. The molecular formula is C12H16N2O3.